The third-order valence-electron chi connectivity index (χ3n) is 6.48. The van der Waals surface area contributed by atoms with Crippen molar-refractivity contribution in [1.29, 1.82) is 0 Å². The standard InChI is InChI=1S/C14H32N.C12H24O2/c1-5-9-10-11-12-13-14-15(6-2,7-3)8-4;1-2-3-4-5-6-7-8-9-10-11-12(13)14/h5-14H2,1-4H3;2-11H2,1H3,(H,13,14)/q+1;/p-1. The molecule has 0 atom stereocenters. The number of carboxylic acids is 1. The van der Waals surface area contributed by atoms with Crippen molar-refractivity contribution in [3.63, 3.8) is 0 Å². The Labute approximate surface area is 184 Å². The maximum absolute atomic E-state index is 10.1. The molecule has 0 aliphatic rings. The molecule has 0 N–H and O–H groups in total. The Kier molecular flexibility index (Phi) is 25.0. The zero-order valence-corrected chi connectivity index (χ0v) is 20.9. The van der Waals surface area contributed by atoms with E-state index in [1.165, 1.54) is 114 Å². The molecular weight excluding hydrogens is 358 g/mol. The summed E-state index contributed by atoms with van der Waals surface area (Å²) in [7, 11) is 0. The van der Waals surface area contributed by atoms with Gasteiger partial charge in [-0.1, -0.05) is 90.9 Å². The Morgan fingerprint density at radius 2 is 0.897 bits per heavy atom. The van der Waals surface area contributed by atoms with Crippen molar-refractivity contribution in [3.05, 3.63) is 0 Å². The number of carbonyl (C=O) groups is 1. The zero-order valence-electron chi connectivity index (χ0n) is 20.9. The summed E-state index contributed by atoms with van der Waals surface area (Å²) in [5, 5.41) is 10.1. The second kappa shape index (κ2) is 23.7. The largest absolute Gasteiger partial charge is 0.550 e. The number of hydrogen-bond acceptors (Lipinski definition) is 2. The fourth-order valence-corrected chi connectivity index (χ4v) is 3.95. The Morgan fingerprint density at radius 3 is 1.24 bits per heavy atom. The number of quaternary nitrogens is 1. The van der Waals surface area contributed by atoms with Crippen LogP contribution in [0.25, 0.3) is 0 Å². The van der Waals surface area contributed by atoms with Crippen molar-refractivity contribution in [2.24, 2.45) is 0 Å². The van der Waals surface area contributed by atoms with Gasteiger partial charge in [-0.25, -0.2) is 0 Å². The van der Waals surface area contributed by atoms with E-state index in [0.29, 0.717) is 0 Å². The van der Waals surface area contributed by atoms with Gasteiger partial charge in [0.1, 0.15) is 0 Å². The minimum atomic E-state index is -0.909. The average molecular weight is 414 g/mol. The number of rotatable bonds is 20. The molecule has 0 fully saturated rings. The molecule has 0 rings (SSSR count). The van der Waals surface area contributed by atoms with Gasteiger partial charge in [0.25, 0.3) is 0 Å². The van der Waals surface area contributed by atoms with E-state index in [4.69, 9.17) is 0 Å². The highest BCUT2D eigenvalue weighted by molar-refractivity contribution is 5.63. The van der Waals surface area contributed by atoms with Crippen LogP contribution in [0, 0.1) is 0 Å². The van der Waals surface area contributed by atoms with Crippen LogP contribution in [-0.4, -0.2) is 36.6 Å². The summed E-state index contributed by atoms with van der Waals surface area (Å²) in [6.45, 7) is 16.8. The van der Waals surface area contributed by atoms with Gasteiger partial charge in [0.2, 0.25) is 0 Å². The van der Waals surface area contributed by atoms with Gasteiger partial charge >= 0.3 is 0 Å². The second-order valence-corrected chi connectivity index (χ2v) is 8.73. The van der Waals surface area contributed by atoms with Crippen molar-refractivity contribution in [3.8, 4) is 0 Å². The Hall–Kier alpha value is -0.570. The summed E-state index contributed by atoms with van der Waals surface area (Å²) in [5.74, 6) is -0.909. The molecule has 0 saturated heterocycles. The van der Waals surface area contributed by atoms with Crippen LogP contribution in [0.1, 0.15) is 137 Å². The third-order valence-corrected chi connectivity index (χ3v) is 6.48. The summed E-state index contributed by atoms with van der Waals surface area (Å²) in [5.41, 5.74) is 0. The monoisotopic (exact) mass is 413 g/mol. The van der Waals surface area contributed by atoms with Gasteiger partial charge in [0.05, 0.1) is 26.2 Å². The van der Waals surface area contributed by atoms with Crippen LogP contribution in [0.5, 0.6) is 0 Å². The second-order valence-electron chi connectivity index (χ2n) is 8.73. The lowest BCUT2D eigenvalue weighted by molar-refractivity contribution is -0.923. The molecule has 0 aliphatic carbocycles. The molecule has 0 aromatic heterocycles. The summed E-state index contributed by atoms with van der Waals surface area (Å²) in [4.78, 5) is 10.1. The number of carbonyl (C=O) groups excluding carboxylic acids is 1. The number of unbranched alkanes of at least 4 members (excludes halogenated alkanes) is 13. The smallest absolute Gasteiger partial charge is 0.0786 e. The van der Waals surface area contributed by atoms with E-state index in [9.17, 15) is 9.90 Å². The quantitative estimate of drug-likeness (QED) is 0.161. The lowest BCUT2D eigenvalue weighted by Crippen LogP contribution is -2.48. The van der Waals surface area contributed by atoms with E-state index in [2.05, 4.69) is 34.6 Å². The van der Waals surface area contributed by atoms with Crippen molar-refractivity contribution < 1.29 is 14.4 Å². The molecule has 0 spiro atoms. The molecule has 0 aromatic rings. The first-order valence-corrected chi connectivity index (χ1v) is 13.1. The van der Waals surface area contributed by atoms with Gasteiger partial charge in [0, 0.05) is 5.97 Å². The Balaban J connectivity index is 0. The number of carboxylic acid groups (broad SMARTS) is 1. The van der Waals surface area contributed by atoms with Gasteiger partial charge in [-0.3, -0.25) is 0 Å². The van der Waals surface area contributed by atoms with Gasteiger partial charge in [-0.15, -0.1) is 0 Å². The third kappa shape index (κ3) is 21.9. The average Bonchev–Trinajstić information content (AvgIpc) is 2.73. The molecule has 0 heterocycles. The van der Waals surface area contributed by atoms with Gasteiger partial charge in [-0.2, -0.15) is 0 Å². The highest BCUT2D eigenvalue weighted by Gasteiger charge is 2.19. The molecule has 0 aromatic carbocycles. The first-order chi connectivity index (χ1) is 14.0. The maximum Gasteiger partial charge on any atom is 0.0786 e. The Bertz CT molecular complexity index is 318. The molecule has 29 heavy (non-hydrogen) atoms. The molecule has 0 unspecified atom stereocenters. The Morgan fingerprint density at radius 1 is 0.552 bits per heavy atom. The predicted molar refractivity (Wildman–Crippen MR) is 127 cm³/mol. The molecule has 0 bridgehead atoms. The fraction of sp³-hybridized carbons (Fsp3) is 0.962. The number of aliphatic carboxylic acids is 1. The van der Waals surface area contributed by atoms with Crippen molar-refractivity contribution >= 4 is 5.97 Å². The first kappa shape index (κ1) is 30.6. The van der Waals surface area contributed by atoms with Crippen molar-refractivity contribution in [2.75, 3.05) is 26.2 Å². The predicted octanol–water partition coefficient (Wildman–Crippen LogP) is 6.88. The van der Waals surface area contributed by atoms with Crippen LogP contribution in [0.15, 0.2) is 0 Å². The highest BCUT2D eigenvalue weighted by Crippen LogP contribution is 2.12. The SMILES string of the molecule is CCCCCCCCCCCC(=O)[O-].CCCCCCCC[N+](CC)(CC)CC. The van der Waals surface area contributed by atoms with Gasteiger partial charge < -0.3 is 14.4 Å². The first-order valence-electron chi connectivity index (χ1n) is 13.1. The van der Waals surface area contributed by atoms with Crippen molar-refractivity contribution in [1.82, 2.24) is 0 Å². The summed E-state index contributed by atoms with van der Waals surface area (Å²) >= 11 is 0. The zero-order chi connectivity index (χ0) is 22.2. The summed E-state index contributed by atoms with van der Waals surface area (Å²) < 4.78 is 1.33. The van der Waals surface area contributed by atoms with Crippen molar-refractivity contribution in [2.45, 2.75) is 137 Å². The molecule has 3 nitrogen and oxygen atoms in total. The van der Waals surface area contributed by atoms with Gasteiger partial charge in [-0.05, 0) is 46.5 Å². The summed E-state index contributed by atoms with van der Waals surface area (Å²) in [6.07, 6.45) is 19.7. The van der Waals surface area contributed by atoms with Crippen LogP contribution in [-0.2, 0) is 4.79 Å². The molecule has 0 radical (unpaired) electrons. The molecule has 0 saturated carbocycles. The molecule has 3 heteroatoms. The van der Waals surface area contributed by atoms with E-state index in [1.807, 2.05) is 0 Å². The van der Waals surface area contributed by atoms with E-state index in [0.717, 1.165) is 12.8 Å². The lowest BCUT2D eigenvalue weighted by Gasteiger charge is -2.35. The number of hydrogen-bond donors (Lipinski definition) is 0. The maximum atomic E-state index is 10.1. The van der Waals surface area contributed by atoms with Crippen LogP contribution in [0.4, 0.5) is 0 Å². The molecule has 0 aliphatic heterocycles. The van der Waals surface area contributed by atoms with Crippen LogP contribution in [0.3, 0.4) is 0 Å². The van der Waals surface area contributed by atoms with E-state index in [1.54, 1.807) is 0 Å². The molecular formula is C26H55NO2. The van der Waals surface area contributed by atoms with Crippen LogP contribution in [0.2, 0.25) is 0 Å². The summed E-state index contributed by atoms with van der Waals surface area (Å²) in [6, 6.07) is 0. The molecule has 176 valence electrons. The normalized spacial score (nSPS) is 11.2. The highest BCUT2D eigenvalue weighted by atomic mass is 16.4. The van der Waals surface area contributed by atoms with Crippen LogP contribution < -0.4 is 5.11 Å². The minimum Gasteiger partial charge on any atom is -0.550 e. The van der Waals surface area contributed by atoms with E-state index in [-0.39, 0.29) is 6.42 Å². The topological polar surface area (TPSA) is 40.1 Å². The van der Waals surface area contributed by atoms with Gasteiger partial charge in [0.15, 0.2) is 0 Å². The van der Waals surface area contributed by atoms with E-state index >= 15 is 0 Å². The fourth-order valence-electron chi connectivity index (χ4n) is 3.95. The van der Waals surface area contributed by atoms with Crippen LogP contribution >= 0.6 is 0 Å². The minimum absolute atomic E-state index is 0.232. The number of nitrogens with zero attached hydrogens (tertiary/aromatic N) is 1. The van der Waals surface area contributed by atoms with E-state index < -0.39 is 5.97 Å². The molecule has 0 amide bonds. The lowest BCUT2D eigenvalue weighted by atomic mass is 10.1.